The molecule has 0 aliphatic rings. The van der Waals surface area contributed by atoms with Crippen LogP contribution < -0.4 is 4.74 Å². The number of ether oxygens (including phenoxy) is 1. The molecule has 0 N–H and O–H groups in total. The first kappa shape index (κ1) is 15.4. The molecule has 2 nitrogen and oxygen atoms in total. The summed E-state index contributed by atoms with van der Waals surface area (Å²) in [5.74, 6) is -0.699. The highest BCUT2D eigenvalue weighted by atomic mass is 35.5. The monoisotopic (exact) mass is 314 g/mol. The first-order chi connectivity index (χ1) is 9.79. The second-order valence-electron chi connectivity index (χ2n) is 4.26. The van der Waals surface area contributed by atoms with Crippen LogP contribution in [-0.2, 0) is 0 Å². The van der Waals surface area contributed by atoms with Gasteiger partial charge in [-0.15, -0.1) is 13.2 Å². The van der Waals surface area contributed by atoms with Crippen LogP contribution in [0.25, 0.3) is 11.1 Å². The third-order valence-electron chi connectivity index (χ3n) is 2.77. The molecule has 0 fully saturated rings. The summed E-state index contributed by atoms with van der Waals surface area (Å²) in [7, 11) is 0. The van der Waals surface area contributed by atoms with Crippen molar-refractivity contribution < 1.29 is 22.7 Å². The molecule has 110 valence electrons. The minimum atomic E-state index is -4.83. The van der Waals surface area contributed by atoms with E-state index in [1.165, 1.54) is 37.3 Å². The fraction of sp³-hybridized carbons (Fsp3) is 0.133. The molecule has 0 bridgehead atoms. The fourth-order valence-corrected chi connectivity index (χ4v) is 2.25. The van der Waals surface area contributed by atoms with E-state index in [9.17, 15) is 18.0 Å². The SMILES string of the molecule is CC(=O)c1cccc(Cl)c1-c1ccccc1OC(F)(F)F. The van der Waals surface area contributed by atoms with E-state index in [4.69, 9.17) is 11.6 Å². The highest BCUT2D eigenvalue weighted by Crippen LogP contribution is 2.39. The number of hydrogen-bond donors (Lipinski definition) is 0. The van der Waals surface area contributed by atoms with Crippen molar-refractivity contribution in [2.24, 2.45) is 0 Å². The first-order valence-electron chi connectivity index (χ1n) is 5.94. The summed E-state index contributed by atoms with van der Waals surface area (Å²) in [6.45, 7) is 1.32. The normalized spacial score (nSPS) is 11.3. The van der Waals surface area contributed by atoms with Crippen LogP contribution in [0.2, 0.25) is 5.02 Å². The van der Waals surface area contributed by atoms with E-state index in [0.717, 1.165) is 0 Å². The molecule has 0 spiro atoms. The van der Waals surface area contributed by atoms with Crippen molar-refractivity contribution in [3.63, 3.8) is 0 Å². The van der Waals surface area contributed by atoms with Gasteiger partial charge in [0.15, 0.2) is 5.78 Å². The minimum Gasteiger partial charge on any atom is -0.405 e. The number of halogens is 4. The van der Waals surface area contributed by atoms with Crippen molar-refractivity contribution in [3.8, 4) is 16.9 Å². The van der Waals surface area contributed by atoms with Crippen LogP contribution in [0.15, 0.2) is 42.5 Å². The minimum absolute atomic E-state index is 0.116. The van der Waals surface area contributed by atoms with E-state index in [-0.39, 0.29) is 27.5 Å². The Morgan fingerprint density at radius 2 is 1.76 bits per heavy atom. The highest BCUT2D eigenvalue weighted by Gasteiger charge is 2.32. The van der Waals surface area contributed by atoms with Gasteiger partial charge in [-0.05, 0) is 19.1 Å². The van der Waals surface area contributed by atoms with Gasteiger partial charge in [-0.25, -0.2) is 0 Å². The van der Waals surface area contributed by atoms with Crippen molar-refractivity contribution in [2.45, 2.75) is 13.3 Å². The molecule has 0 amide bonds. The van der Waals surface area contributed by atoms with Gasteiger partial charge < -0.3 is 4.74 Å². The maximum Gasteiger partial charge on any atom is 0.573 e. The lowest BCUT2D eigenvalue weighted by Crippen LogP contribution is -2.17. The molecule has 0 unspecified atom stereocenters. The Hall–Kier alpha value is -2.01. The third-order valence-corrected chi connectivity index (χ3v) is 3.09. The molecule has 2 aromatic carbocycles. The summed E-state index contributed by atoms with van der Waals surface area (Å²) in [6, 6.07) is 10.1. The van der Waals surface area contributed by atoms with Gasteiger partial charge in [-0.3, -0.25) is 4.79 Å². The highest BCUT2D eigenvalue weighted by molar-refractivity contribution is 6.34. The van der Waals surface area contributed by atoms with Gasteiger partial charge >= 0.3 is 6.36 Å². The molecule has 0 aliphatic heterocycles. The standard InChI is InChI=1S/C15H10ClF3O2/c1-9(20)10-6-4-7-12(16)14(10)11-5-2-3-8-13(11)21-15(17,18)19/h2-8H,1H3. The van der Waals surface area contributed by atoms with Crippen LogP contribution in [0.1, 0.15) is 17.3 Å². The van der Waals surface area contributed by atoms with Crippen LogP contribution >= 0.6 is 11.6 Å². The maximum absolute atomic E-state index is 12.5. The molecule has 21 heavy (non-hydrogen) atoms. The average Bonchev–Trinajstić information content (AvgIpc) is 2.37. The molecule has 2 rings (SSSR count). The van der Waals surface area contributed by atoms with E-state index >= 15 is 0 Å². The average molecular weight is 315 g/mol. The van der Waals surface area contributed by atoms with Crippen LogP contribution in [0.3, 0.4) is 0 Å². The molecule has 0 atom stereocenters. The van der Waals surface area contributed by atoms with Crippen molar-refractivity contribution in [1.82, 2.24) is 0 Å². The second kappa shape index (κ2) is 5.77. The van der Waals surface area contributed by atoms with Gasteiger partial charge in [0.25, 0.3) is 0 Å². The molecule has 0 heterocycles. The fourth-order valence-electron chi connectivity index (χ4n) is 1.98. The molecule has 0 radical (unpaired) electrons. The van der Waals surface area contributed by atoms with Crippen molar-refractivity contribution in [1.29, 1.82) is 0 Å². The first-order valence-corrected chi connectivity index (χ1v) is 6.32. The predicted octanol–water partition coefficient (Wildman–Crippen LogP) is 5.11. The Kier molecular flexibility index (Phi) is 4.23. The van der Waals surface area contributed by atoms with Gasteiger partial charge in [0.05, 0.1) is 0 Å². The zero-order valence-electron chi connectivity index (χ0n) is 10.9. The van der Waals surface area contributed by atoms with Gasteiger partial charge in [-0.1, -0.05) is 41.9 Å². The molecular formula is C15H10ClF3O2. The number of para-hydroxylation sites is 1. The van der Waals surface area contributed by atoms with Gasteiger partial charge in [-0.2, -0.15) is 0 Å². The van der Waals surface area contributed by atoms with Crippen LogP contribution in [-0.4, -0.2) is 12.1 Å². The Balaban J connectivity index is 2.66. The Bertz CT molecular complexity index is 681. The van der Waals surface area contributed by atoms with Crippen LogP contribution in [0.5, 0.6) is 5.75 Å². The number of carbonyl (C=O) groups is 1. The van der Waals surface area contributed by atoms with E-state index < -0.39 is 12.1 Å². The number of ketones is 1. The number of alkyl halides is 3. The summed E-state index contributed by atoms with van der Waals surface area (Å²) < 4.78 is 41.4. The summed E-state index contributed by atoms with van der Waals surface area (Å²) in [4.78, 5) is 11.7. The smallest absolute Gasteiger partial charge is 0.405 e. The maximum atomic E-state index is 12.5. The third kappa shape index (κ3) is 3.55. The van der Waals surface area contributed by atoms with E-state index in [1.807, 2.05) is 0 Å². The zero-order valence-corrected chi connectivity index (χ0v) is 11.6. The zero-order chi connectivity index (χ0) is 15.6. The van der Waals surface area contributed by atoms with Crippen molar-refractivity contribution >= 4 is 17.4 Å². The van der Waals surface area contributed by atoms with Crippen molar-refractivity contribution in [2.75, 3.05) is 0 Å². The molecule has 2 aromatic rings. The number of Topliss-reactive ketones (excluding diaryl/α,β-unsaturated/α-hetero) is 1. The quantitative estimate of drug-likeness (QED) is 0.736. The van der Waals surface area contributed by atoms with E-state index in [0.29, 0.717) is 0 Å². The summed E-state index contributed by atoms with van der Waals surface area (Å²) in [6.07, 6.45) is -4.83. The predicted molar refractivity (Wildman–Crippen MR) is 73.6 cm³/mol. The Morgan fingerprint density at radius 3 is 2.38 bits per heavy atom. The number of rotatable bonds is 3. The molecule has 0 saturated carbocycles. The lowest BCUT2D eigenvalue weighted by Gasteiger charge is -2.16. The molecule has 6 heteroatoms. The summed E-state index contributed by atoms with van der Waals surface area (Å²) in [5, 5.41) is 0.181. The number of carbonyl (C=O) groups excluding carboxylic acids is 1. The van der Waals surface area contributed by atoms with Gasteiger partial charge in [0.2, 0.25) is 0 Å². The lowest BCUT2D eigenvalue weighted by molar-refractivity contribution is -0.274. The van der Waals surface area contributed by atoms with E-state index in [1.54, 1.807) is 12.1 Å². The molecule has 0 saturated heterocycles. The molecular weight excluding hydrogens is 305 g/mol. The topological polar surface area (TPSA) is 26.3 Å². The largest absolute Gasteiger partial charge is 0.573 e. The molecule has 0 aliphatic carbocycles. The number of benzene rings is 2. The summed E-state index contributed by atoms with van der Waals surface area (Å²) in [5.41, 5.74) is 0.581. The van der Waals surface area contributed by atoms with Crippen LogP contribution in [0, 0.1) is 0 Å². The van der Waals surface area contributed by atoms with Gasteiger partial charge in [0, 0.05) is 21.7 Å². The van der Waals surface area contributed by atoms with Crippen LogP contribution in [0.4, 0.5) is 13.2 Å². The second-order valence-corrected chi connectivity index (χ2v) is 4.67. The lowest BCUT2D eigenvalue weighted by atomic mass is 9.96. The summed E-state index contributed by atoms with van der Waals surface area (Å²) >= 11 is 6.06. The van der Waals surface area contributed by atoms with Crippen molar-refractivity contribution in [3.05, 3.63) is 53.1 Å². The Morgan fingerprint density at radius 1 is 1.10 bits per heavy atom. The van der Waals surface area contributed by atoms with E-state index in [2.05, 4.69) is 4.74 Å². The van der Waals surface area contributed by atoms with Gasteiger partial charge in [0.1, 0.15) is 5.75 Å². The number of hydrogen-bond acceptors (Lipinski definition) is 2. The Labute approximate surface area is 124 Å². The molecule has 0 aromatic heterocycles.